The van der Waals surface area contributed by atoms with Crippen molar-refractivity contribution in [2.24, 2.45) is 0 Å². The zero-order chi connectivity index (χ0) is 13.1. The fourth-order valence-corrected chi connectivity index (χ4v) is 0.837. The molecule has 1 aromatic rings. The van der Waals surface area contributed by atoms with Gasteiger partial charge in [-0.25, -0.2) is 23.5 Å². The average molecular weight is 253 g/mol. The van der Waals surface area contributed by atoms with Gasteiger partial charge in [0.25, 0.3) is 0 Å². The third kappa shape index (κ3) is 3.54. The van der Waals surface area contributed by atoms with E-state index in [0.29, 0.717) is 0 Å². The first-order valence-electron chi connectivity index (χ1n) is 4.29. The number of alkyl halides is 4. The Bertz CT molecular complexity index is 414. The first-order chi connectivity index (χ1) is 7.83. The molecule has 0 atom stereocenters. The molecule has 0 unspecified atom stereocenters. The van der Waals surface area contributed by atoms with Crippen LogP contribution in [0.2, 0.25) is 0 Å². The van der Waals surface area contributed by atoms with Gasteiger partial charge in [-0.1, -0.05) is 0 Å². The monoisotopic (exact) mass is 253 g/mol. The minimum absolute atomic E-state index is 0.428. The third-order valence-electron chi connectivity index (χ3n) is 1.68. The molecule has 2 N–H and O–H groups in total. The van der Waals surface area contributed by atoms with E-state index in [1.165, 1.54) is 0 Å². The summed E-state index contributed by atoms with van der Waals surface area (Å²) in [5, 5.41) is 10.4. The van der Waals surface area contributed by atoms with Crippen LogP contribution in [0.25, 0.3) is 0 Å². The van der Waals surface area contributed by atoms with Gasteiger partial charge in [0.15, 0.2) is 5.69 Å². The topological polar surface area (TPSA) is 75.1 Å². The first kappa shape index (κ1) is 13.1. The maximum absolute atomic E-state index is 12.5. The van der Waals surface area contributed by atoms with Crippen LogP contribution < -0.4 is 5.32 Å². The summed E-state index contributed by atoms with van der Waals surface area (Å²) >= 11 is 0. The molecule has 0 amide bonds. The number of carboxylic acid groups (broad SMARTS) is 1. The second-order valence-corrected chi connectivity index (χ2v) is 2.99. The van der Waals surface area contributed by atoms with Crippen molar-refractivity contribution in [2.45, 2.75) is 12.3 Å². The molecule has 0 aliphatic rings. The number of aromatic carboxylic acids is 1. The normalized spacial score (nSPS) is 11.6. The van der Waals surface area contributed by atoms with Crippen molar-refractivity contribution in [1.82, 2.24) is 9.97 Å². The molecule has 1 aromatic heterocycles. The maximum Gasteiger partial charge on any atom is 0.354 e. The molecule has 1 heterocycles. The Morgan fingerprint density at radius 1 is 1.53 bits per heavy atom. The van der Waals surface area contributed by atoms with Crippen molar-refractivity contribution in [3.8, 4) is 0 Å². The zero-order valence-corrected chi connectivity index (χ0v) is 8.20. The van der Waals surface area contributed by atoms with Crippen LogP contribution in [0.4, 0.5) is 23.5 Å². The smallest absolute Gasteiger partial charge is 0.354 e. The van der Waals surface area contributed by atoms with Crippen molar-refractivity contribution < 1.29 is 27.5 Å². The van der Waals surface area contributed by atoms with Crippen LogP contribution in [0.15, 0.2) is 12.3 Å². The Morgan fingerprint density at radius 3 is 2.71 bits per heavy atom. The lowest BCUT2D eigenvalue weighted by Gasteiger charge is -2.15. The molecule has 0 bridgehead atoms. The van der Waals surface area contributed by atoms with Gasteiger partial charge < -0.3 is 10.4 Å². The van der Waals surface area contributed by atoms with Gasteiger partial charge in [0.05, 0.1) is 6.54 Å². The highest BCUT2D eigenvalue weighted by Crippen LogP contribution is 2.22. The van der Waals surface area contributed by atoms with E-state index in [0.717, 1.165) is 12.3 Å². The zero-order valence-electron chi connectivity index (χ0n) is 8.20. The Morgan fingerprint density at radius 2 is 2.18 bits per heavy atom. The fourth-order valence-electron chi connectivity index (χ4n) is 0.837. The molecule has 0 fully saturated rings. The molecule has 1 rings (SSSR count). The number of nitrogens with one attached hydrogen (secondary N) is 1. The van der Waals surface area contributed by atoms with Crippen molar-refractivity contribution in [3.63, 3.8) is 0 Å². The summed E-state index contributed by atoms with van der Waals surface area (Å²) < 4.78 is 48.6. The van der Waals surface area contributed by atoms with E-state index in [4.69, 9.17) is 5.11 Å². The summed E-state index contributed by atoms with van der Waals surface area (Å²) in [7, 11) is 0. The molecule has 0 spiro atoms. The molecule has 9 heteroatoms. The molecule has 17 heavy (non-hydrogen) atoms. The SMILES string of the molecule is O=C(O)c1ccnc(NCC(F)(F)C(F)F)n1. The van der Waals surface area contributed by atoms with Gasteiger partial charge >= 0.3 is 18.3 Å². The van der Waals surface area contributed by atoms with Crippen LogP contribution in [-0.2, 0) is 0 Å². The van der Waals surface area contributed by atoms with E-state index < -0.39 is 36.5 Å². The van der Waals surface area contributed by atoms with E-state index in [1.54, 1.807) is 0 Å². The third-order valence-corrected chi connectivity index (χ3v) is 1.68. The number of hydrogen-bond donors (Lipinski definition) is 2. The van der Waals surface area contributed by atoms with E-state index in [2.05, 4.69) is 9.97 Å². The predicted octanol–water partition coefficient (Wildman–Crippen LogP) is 1.49. The Balaban J connectivity index is 2.70. The van der Waals surface area contributed by atoms with Gasteiger partial charge in [0.2, 0.25) is 5.95 Å². The van der Waals surface area contributed by atoms with Gasteiger partial charge in [0, 0.05) is 6.20 Å². The van der Waals surface area contributed by atoms with Crippen LogP contribution in [-0.4, -0.2) is 39.9 Å². The molecule has 0 saturated carbocycles. The number of hydrogen-bond acceptors (Lipinski definition) is 4. The van der Waals surface area contributed by atoms with Crippen LogP contribution in [0.5, 0.6) is 0 Å². The Labute approximate surface area is 92.5 Å². The molecule has 0 aliphatic heterocycles. The van der Waals surface area contributed by atoms with E-state index in [9.17, 15) is 22.4 Å². The quantitative estimate of drug-likeness (QED) is 0.777. The molecule has 0 aromatic carbocycles. The number of rotatable bonds is 5. The summed E-state index contributed by atoms with van der Waals surface area (Å²) in [6.07, 6.45) is -2.81. The lowest BCUT2D eigenvalue weighted by atomic mass is 10.3. The van der Waals surface area contributed by atoms with Crippen LogP contribution >= 0.6 is 0 Å². The molecular formula is C8H7F4N3O2. The van der Waals surface area contributed by atoms with Crippen LogP contribution in [0.1, 0.15) is 10.5 Å². The second kappa shape index (κ2) is 4.93. The fraction of sp³-hybridized carbons (Fsp3) is 0.375. The summed E-state index contributed by atoms with van der Waals surface area (Å²) in [4.78, 5) is 17.2. The first-order valence-corrected chi connectivity index (χ1v) is 4.29. The average Bonchev–Trinajstić information content (AvgIpc) is 2.26. The number of nitrogens with zero attached hydrogens (tertiary/aromatic N) is 2. The molecule has 0 radical (unpaired) electrons. The van der Waals surface area contributed by atoms with E-state index in [-0.39, 0.29) is 0 Å². The highest BCUT2D eigenvalue weighted by Gasteiger charge is 2.40. The molecular weight excluding hydrogens is 246 g/mol. The summed E-state index contributed by atoms with van der Waals surface area (Å²) in [6.45, 7) is -1.38. The van der Waals surface area contributed by atoms with Crippen LogP contribution in [0.3, 0.4) is 0 Å². The van der Waals surface area contributed by atoms with Gasteiger partial charge in [-0.2, -0.15) is 8.78 Å². The number of carboxylic acids is 1. The lowest BCUT2D eigenvalue weighted by molar-refractivity contribution is -0.117. The highest BCUT2D eigenvalue weighted by atomic mass is 19.3. The summed E-state index contributed by atoms with van der Waals surface area (Å²) in [6, 6.07) is 1.04. The molecule has 94 valence electrons. The number of aromatic nitrogens is 2. The standard InChI is InChI=1S/C8H7F4N3O2/c9-6(10)8(11,12)3-14-7-13-2-1-4(15-7)5(16)17/h1-2,6H,3H2,(H,16,17)(H,13,14,15). The van der Waals surface area contributed by atoms with Crippen molar-refractivity contribution in [3.05, 3.63) is 18.0 Å². The molecule has 0 aliphatic carbocycles. The maximum atomic E-state index is 12.5. The minimum atomic E-state index is -4.23. The largest absolute Gasteiger partial charge is 0.477 e. The van der Waals surface area contributed by atoms with Gasteiger partial charge in [-0.15, -0.1) is 0 Å². The summed E-state index contributed by atoms with van der Waals surface area (Å²) in [5.74, 6) is -6.07. The summed E-state index contributed by atoms with van der Waals surface area (Å²) in [5.41, 5.74) is -0.428. The van der Waals surface area contributed by atoms with Gasteiger partial charge in [0.1, 0.15) is 0 Å². The van der Waals surface area contributed by atoms with E-state index in [1.807, 2.05) is 5.32 Å². The Hall–Kier alpha value is -1.93. The predicted molar refractivity (Wildman–Crippen MR) is 48.4 cm³/mol. The lowest BCUT2D eigenvalue weighted by Crippen LogP contribution is -2.35. The number of carbonyl (C=O) groups is 1. The second-order valence-electron chi connectivity index (χ2n) is 2.99. The number of anilines is 1. The highest BCUT2D eigenvalue weighted by molar-refractivity contribution is 5.85. The van der Waals surface area contributed by atoms with Gasteiger partial charge in [-0.3, -0.25) is 0 Å². The van der Waals surface area contributed by atoms with Crippen LogP contribution in [0, 0.1) is 0 Å². The Kier molecular flexibility index (Phi) is 3.81. The van der Waals surface area contributed by atoms with Crippen molar-refractivity contribution >= 4 is 11.9 Å². The van der Waals surface area contributed by atoms with Crippen molar-refractivity contribution in [1.29, 1.82) is 0 Å². The number of halogens is 4. The molecule has 0 saturated heterocycles. The minimum Gasteiger partial charge on any atom is -0.477 e. The van der Waals surface area contributed by atoms with Gasteiger partial charge in [-0.05, 0) is 6.07 Å². The molecule has 5 nitrogen and oxygen atoms in total. The van der Waals surface area contributed by atoms with E-state index >= 15 is 0 Å². The van der Waals surface area contributed by atoms with Crippen molar-refractivity contribution in [2.75, 3.05) is 11.9 Å².